The average molecular weight is 302 g/mol. The molecule has 0 aliphatic rings. The fourth-order valence-corrected chi connectivity index (χ4v) is 2.69. The van der Waals surface area contributed by atoms with Crippen molar-refractivity contribution in [1.29, 1.82) is 0 Å². The maximum absolute atomic E-state index is 9.51. The van der Waals surface area contributed by atoms with E-state index < -0.39 is 0 Å². The lowest BCUT2D eigenvalue weighted by atomic mass is 10.1. The molecular formula is C19H14N2O2. The minimum Gasteiger partial charge on any atom is -0.504 e. The SMILES string of the molecule is Oc1ccc(/C=N/c2ccc3[nH]c4ccccc4c3c2)cc1O. The predicted molar refractivity (Wildman–Crippen MR) is 92.8 cm³/mol. The molecule has 0 bridgehead atoms. The fraction of sp³-hybridized carbons (Fsp3) is 0. The molecule has 0 atom stereocenters. The van der Waals surface area contributed by atoms with E-state index in [0.717, 1.165) is 27.7 Å². The Bertz CT molecular complexity index is 1050. The summed E-state index contributed by atoms with van der Waals surface area (Å²) in [7, 11) is 0. The smallest absolute Gasteiger partial charge is 0.158 e. The van der Waals surface area contributed by atoms with Crippen molar-refractivity contribution < 1.29 is 10.2 Å². The lowest BCUT2D eigenvalue weighted by molar-refractivity contribution is 0.403. The van der Waals surface area contributed by atoms with Crippen molar-refractivity contribution in [2.45, 2.75) is 0 Å². The minimum absolute atomic E-state index is 0.137. The van der Waals surface area contributed by atoms with Gasteiger partial charge in [-0.05, 0) is 48.0 Å². The van der Waals surface area contributed by atoms with Crippen molar-refractivity contribution in [2.24, 2.45) is 4.99 Å². The Kier molecular flexibility index (Phi) is 3.01. The van der Waals surface area contributed by atoms with E-state index in [4.69, 9.17) is 0 Å². The normalized spacial score (nSPS) is 11.7. The predicted octanol–water partition coefficient (Wildman–Crippen LogP) is 4.48. The highest BCUT2D eigenvalue weighted by molar-refractivity contribution is 6.08. The van der Waals surface area contributed by atoms with Gasteiger partial charge in [0.25, 0.3) is 0 Å². The lowest BCUT2D eigenvalue weighted by Gasteiger charge is -1.99. The fourth-order valence-electron chi connectivity index (χ4n) is 2.69. The van der Waals surface area contributed by atoms with Gasteiger partial charge in [-0.25, -0.2) is 0 Å². The molecule has 0 amide bonds. The minimum atomic E-state index is -0.152. The topological polar surface area (TPSA) is 68.6 Å². The summed E-state index contributed by atoms with van der Waals surface area (Å²) in [5.41, 5.74) is 3.73. The van der Waals surface area contributed by atoms with E-state index in [1.54, 1.807) is 12.3 Å². The third kappa shape index (κ3) is 2.40. The van der Waals surface area contributed by atoms with Gasteiger partial charge in [-0.2, -0.15) is 0 Å². The molecule has 0 saturated carbocycles. The number of aromatic amines is 1. The van der Waals surface area contributed by atoms with Gasteiger partial charge >= 0.3 is 0 Å². The van der Waals surface area contributed by atoms with Crippen LogP contribution in [0.2, 0.25) is 0 Å². The Hall–Kier alpha value is -3.27. The van der Waals surface area contributed by atoms with Crippen molar-refractivity contribution in [1.82, 2.24) is 4.98 Å². The highest BCUT2D eigenvalue weighted by atomic mass is 16.3. The van der Waals surface area contributed by atoms with Gasteiger partial charge in [0, 0.05) is 28.0 Å². The molecule has 23 heavy (non-hydrogen) atoms. The Morgan fingerprint density at radius 1 is 0.783 bits per heavy atom. The Labute approximate surface area is 132 Å². The third-order valence-electron chi connectivity index (χ3n) is 3.85. The molecule has 0 spiro atoms. The largest absolute Gasteiger partial charge is 0.504 e. The number of benzene rings is 3. The summed E-state index contributed by atoms with van der Waals surface area (Å²) in [6.07, 6.45) is 1.66. The van der Waals surface area contributed by atoms with Crippen molar-refractivity contribution in [3.05, 3.63) is 66.2 Å². The van der Waals surface area contributed by atoms with Gasteiger partial charge < -0.3 is 15.2 Å². The summed E-state index contributed by atoms with van der Waals surface area (Å²) in [5, 5.41) is 21.1. The molecule has 0 aliphatic carbocycles. The summed E-state index contributed by atoms with van der Waals surface area (Å²) >= 11 is 0. The highest BCUT2D eigenvalue weighted by Crippen LogP contribution is 2.29. The van der Waals surface area contributed by atoms with E-state index in [9.17, 15) is 10.2 Å². The first kappa shape index (κ1) is 13.4. The molecule has 0 fully saturated rings. The molecule has 112 valence electrons. The highest BCUT2D eigenvalue weighted by Gasteiger charge is 2.04. The molecular weight excluding hydrogens is 288 g/mol. The van der Waals surface area contributed by atoms with E-state index in [-0.39, 0.29) is 11.5 Å². The van der Waals surface area contributed by atoms with Gasteiger partial charge in [0.2, 0.25) is 0 Å². The number of nitrogens with zero attached hydrogens (tertiary/aromatic N) is 1. The van der Waals surface area contributed by atoms with Crippen LogP contribution in [-0.4, -0.2) is 21.4 Å². The molecule has 3 N–H and O–H groups in total. The summed E-state index contributed by atoms with van der Waals surface area (Å²) in [5.74, 6) is -0.289. The number of phenolic OH excluding ortho intramolecular Hbond substituents is 2. The molecule has 4 nitrogen and oxygen atoms in total. The number of H-pyrrole nitrogens is 1. The monoisotopic (exact) mass is 302 g/mol. The van der Waals surface area contributed by atoms with E-state index in [1.807, 2.05) is 30.3 Å². The second-order valence-corrected chi connectivity index (χ2v) is 5.41. The number of hydrogen-bond donors (Lipinski definition) is 3. The molecule has 4 rings (SSSR count). The number of aliphatic imine (C=N–C) groups is 1. The number of fused-ring (bicyclic) bond motifs is 3. The van der Waals surface area contributed by atoms with Crippen LogP contribution in [0.1, 0.15) is 5.56 Å². The maximum atomic E-state index is 9.51. The molecule has 0 aliphatic heterocycles. The van der Waals surface area contributed by atoms with Crippen LogP contribution in [-0.2, 0) is 0 Å². The molecule has 3 aromatic carbocycles. The van der Waals surface area contributed by atoms with Crippen LogP contribution in [0.15, 0.2) is 65.7 Å². The van der Waals surface area contributed by atoms with Crippen LogP contribution in [0.5, 0.6) is 11.5 Å². The second-order valence-electron chi connectivity index (χ2n) is 5.41. The van der Waals surface area contributed by atoms with Crippen LogP contribution in [0, 0.1) is 0 Å². The van der Waals surface area contributed by atoms with Crippen molar-refractivity contribution in [3.63, 3.8) is 0 Å². The number of phenols is 2. The second kappa shape index (κ2) is 5.18. The first-order valence-electron chi connectivity index (χ1n) is 7.27. The number of aromatic hydroxyl groups is 2. The zero-order valence-corrected chi connectivity index (χ0v) is 12.2. The molecule has 0 saturated heterocycles. The first-order chi connectivity index (χ1) is 11.2. The van der Waals surface area contributed by atoms with Crippen LogP contribution in [0.3, 0.4) is 0 Å². The van der Waals surface area contributed by atoms with Gasteiger partial charge in [-0.1, -0.05) is 18.2 Å². The van der Waals surface area contributed by atoms with Gasteiger partial charge in [-0.3, -0.25) is 4.99 Å². The van der Waals surface area contributed by atoms with Gasteiger partial charge in [0.15, 0.2) is 11.5 Å². The lowest BCUT2D eigenvalue weighted by Crippen LogP contribution is -1.80. The quantitative estimate of drug-likeness (QED) is 0.377. The van der Waals surface area contributed by atoms with Crippen molar-refractivity contribution in [2.75, 3.05) is 0 Å². The Morgan fingerprint density at radius 3 is 2.48 bits per heavy atom. The van der Waals surface area contributed by atoms with Gasteiger partial charge in [0.1, 0.15) is 0 Å². The Morgan fingerprint density at radius 2 is 1.61 bits per heavy atom. The van der Waals surface area contributed by atoms with E-state index >= 15 is 0 Å². The van der Waals surface area contributed by atoms with E-state index in [2.05, 4.69) is 22.1 Å². The Balaban J connectivity index is 1.75. The number of hydrogen-bond acceptors (Lipinski definition) is 3. The molecule has 1 heterocycles. The summed E-state index contributed by atoms with van der Waals surface area (Å²) in [4.78, 5) is 7.83. The molecule has 1 aromatic heterocycles. The molecule has 4 aromatic rings. The maximum Gasteiger partial charge on any atom is 0.158 e. The third-order valence-corrected chi connectivity index (χ3v) is 3.85. The average Bonchev–Trinajstić information content (AvgIpc) is 2.94. The number of rotatable bonds is 2. The summed E-state index contributed by atoms with van der Waals surface area (Å²) in [6.45, 7) is 0. The standard InChI is InChI=1S/C19H14N2O2/c22-18-8-5-12(9-19(18)23)11-20-13-6-7-17-15(10-13)14-3-1-2-4-16(14)21-17/h1-11,21-23H/b20-11+. The molecule has 0 unspecified atom stereocenters. The summed E-state index contributed by atoms with van der Waals surface area (Å²) < 4.78 is 0. The van der Waals surface area contributed by atoms with Crippen molar-refractivity contribution >= 4 is 33.7 Å². The van der Waals surface area contributed by atoms with Gasteiger partial charge in [-0.15, -0.1) is 0 Å². The first-order valence-corrected chi connectivity index (χ1v) is 7.27. The van der Waals surface area contributed by atoms with Crippen LogP contribution in [0.4, 0.5) is 5.69 Å². The number of aromatic nitrogens is 1. The van der Waals surface area contributed by atoms with Crippen LogP contribution in [0.25, 0.3) is 21.8 Å². The van der Waals surface area contributed by atoms with Crippen LogP contribution < -0.4 is 0 Å². The van der Waals surface area contributed by atoms with E-state index in [1.165, 1.54) is 17.5 Å². The van der Waals surface area contributed by atoms with Crippen LogP contribution >= 0.6 is 0 Å². The molecule has 4 heteroatoms. The molecule has 0 radical (unpaired) electrons. The number of para-hydroxylation sites is 1. The number of nitrogens with one attached hydrogen (secondary N) is 1. The van der Waals surface area contributed by atoms with Crippen molar-refractivity contribution in [3.8, 4) is 11.5 Å². The van der Waals surface area contributed by atoms with Gasteiger partial charge in [0.05, 0.1) is 5.69 Å². The zero-order chi connectivity index (χ0) is 15.8. The zero-order valence-electron chi connectivity index (χ0n) is 12.2. The summed E-state index contributed by atoms with van der Waals surface area (Å²) in [6, 6.07) is 18.8. The van der Waals surface area contributed by atoms with E-state index in [0.29, 0.717) is 0 Å².